The number of aliphatic hydroxyl groups excluding tert-OH is 1. The maximum absolute atomic E-state index is 12.4. The Balaban J connectivity index is 1.86. The number of aliphatic hydroxyl groups is 1. The van der Waals surface area contributed by atoms with E-state index in [0.717, 1.165) is 32.1 Å². The van der Waals surface area contributed by atoms with Gasteiger partial charge in [0.2, 0.25) is 5.91 Å². The third-order valence-corrected chi connectivity index (χ3v) is 5.26. The minimum Gasteiger partial charge on any atom is -0.394 e. The van der Waals surface area contributed by atoms with Gasteiger partial charge in [0.25, 0.3) is 0 Å². The van der Waals surface area contributed by atoms with Crippen LogP contribution in [0.4, 0.5) is 0 Å². The smallest absolute Gasteiger partial charge is 0.237 e. The van der Waals surface area contributed by atoms with Gasteiger partial charge in [-0.15, -0.1) is 0 Å². The van der Waals surface area contributed by atoms with E-state index in [-0.39, 0.29) is 24.1 Å². The summed E-state index contributed by atoms with van der Waals surface area (Å²) in [6.07, 6.45) is 10.3. The van der Waals surface area contributed by atoms with Gasteiger partial charge >= 0.3 is 0 Å². The molecule has 1 amide bonds. The summed E-state index contributed by atoms with van der Waals surface area (Å²) in [7, 11) is 0. The van der Waals surface area contributed by atoms with Crippen molar-refractivity contribution < 1.29 is 9.90 Å². The molecule has 3 unspecified atom stereocenters. The van der Waals surface area contributed by atoms with Crippen molar-refractivity contribution in [2.24, 2.45) is 5.92 Å². The zero-order chi connectivity index (χ0) is 15.3. The van der Waals surface area contributed by atoms with Crippen LogP contribution >= 0.6 is 0 Å². The highest BCUT2D eigenvalue weighted by atomic mass is 16.3. The quantitative estimate of drug-likeness (QED) is 0.730. The van der Waals surface area contributed by atoms with Gasteiger partial charge in [-0.25, -0.2) is 0 Å². The molecule has 0 aliphatic heterocycles. The van der Waals surface area contributed by atoms with Gasteiger partial charge in [0.15, 0.2) is 0 Å². The minimum atomic E-state index is -0.263. The predicted octanol–water partition coefficient (Wildman–Crippen LogP) is 2.35. The fourth-order valence-electron chi connectivity index (χ4n) is 4.08. The van der Waals surface area contributed by atoms with E-state index in [1.54, 1.807) is 0 Å². The zero-order valence-corrected chi connectivity index (χ0v) is 13.7. The van der Waals surface area contributed by atoms with Crippen molar-refractivity contribution in [1.82, 2.24) is 10.6 Å². The largest absolute Gasteiger partial charge is 0.394 e. The molecule has 2 saturated carbocycles. The molecule has 0 aromatic carbocycles. The van der Waals surface area contributed by atoms with E-state index in [0.29, 0.717) is 12.0 Å². The van der Waals surface area contributed by atoms with Crippen LogP contribution in [0.3, 0.4) is 0 Å². The van der Waals surface area contributed by atoms with Gasteiger partial charge in [-0.05, 0) is 38.5 Å². The second-order valence-electron chi connectivity index (χ2n) is 7.35. The summed E-state index contributed by atoms with van der Waals surface area (Å²) >= 11 is 0. The SMILES string of the molecule is CC1CCCC(CO)(NC(C)C(=O)NC2CCCCC2)C1. The number of rotatable bonds is 5. The number of hydrogen-bond acceptors (Lipinski definition) is 3. The van der Waals surface area contributed by atoms with Gasteiger partial charge in [-0.1, -0.05) is 39.0 Å². The van der Waals surface area contributed by atoms with Crippen LogP contribution in [0.1, 0.15) is 71.6 Å². The number of nitrogens with one attached hydrogen (secondary N) is 2. The molecule has 122 valence electrons. The average molecular weight is 296 g/mol. The lowest BCUT2D eigenvalue weighted by atomic mass is 9.76. The number of hydrogen-bond donors (Lipinski definition) is 3. The van der Waals surface area contributed by atoms with Crippen LogP contribution in [0.5, 0.6) is 0 Å². The molecule has 3 atom stereocenters. The Morgan fingerprint density at radius 2 is 1.95 bits per heavy atom. The summed E-state index contributed by atoms with van der Waals surface area (Å²) in [6.45, 7) is 4.28. The molecule has 0 saturated heterocycles. The van der Waals surface area contributed by atoms with Crippen LogP contribution in [0.15, 0.2) is 0 Å². The first-order valence-electron chi connectivity index (χ1n) is 8.73. The Bertz CT molecular complexity index is 342. The fraction of sp³-hybridized carbons (Fsp3) is 0.941. The predicted molar refractivity (Wildman–Crippen MR) is 85.1 cm³/mol. The molecule has 2 fully saturated rings. The van der Waals surface area contributed by atoms with Gasteiger partial charge in [0.1, 0.15) is 0 Å². The molecular weight excluding hydrogens is 264 g/mol. The molecule has 0 aromatic rings. The Labute approximate surface area is 129 Å². The van der Waals surface area contributed by atoms with E-state index < -0.39 is 0 Å². The molecule has 4 heteroatoms. The highest BCUT2D eigenvalue weighted by Gasteiger charge is 2.36. The van der Waals surface area contributed by atoms with Crippen molar-refractivity contribution in [3.63, 3.8) is 0 Å². The van der Waals surface area contributed by atoms with Gasteiger partial charge < -0.3 is 10.4 Å². The Morgan fingerprint density at radius 1 is 1.24 bits per heavy atom. The number of carbonyl (C=O) groups is 1. The lowest BCUT2D eigenvalue weighted by Crippen LogP contribution is -2.59. The Hall–Kier alpha value is -0.610. The lowest BCUT2D eigenvalue weighted by molar-refractivity contribution is -0.124. The number of carbonyl (C=O) groups excluding carboxylic acids is 1. The summed E-state index contributed by atoms with van der Waals surface area (Å²) in [5.74, 6) is 0.708. The molecule has 0 spiro atoms. The van der Waals surface area contributed by atoms with Gasteiger partial charge in [0.05, 0.1) is 12.6 Å². The summed E-state index contributed by atoms with van der Waals surface area (Å²) in [6, 6.07) is 0.121. The second-order valence-corrected chi connectivity index (χ2v) is 7.35. The third kappa shape index (κ3) is 4.68. The van der Waals surface area contributed by atoms with Crippen molar-refractivity contribution in [1.29, 1.82) is 0 Å². The van der Waals surface area contributed by atoms with E-state index in [1.807, 2.05) is 6.92 Å². The first-order valence-corrected chi connectivity index (χ1v) is 8.73. The molecule has 0 aromatic heterocycles. The van der Waals surface area contributed by atoms with Crippen LogP contribution < -0.4 is 10.6 Å². The standard InChI is InChI=1S/C17H32N2O2/c1-13-7-6-10-17(11-13,12-20)19-14(2)16(21)18-15-8-4-3-5-9-15/h13-15,19-20H,3-12H2,1-2H3,(H,18,21). The fourth-order valence-corrected chi connectivity index (χ4v) is 4.08. The van der Waals surface area contributed by atoms with E-state index in [2.05, 4.69) is 17.6 Å². The topological polar surface area (TPSA) is 61.4 Å². The highest BCUT2D eigenvalue weighted by Crippen LogP contribution is 2.32. The summed E-state index contributed by atoms with van der Waals surface area (Å²) in [4.78, 5) is 12.4. The molecule has 21 heavy (non-hydrogen) atoms. The zero-order valence-electron chi connectivity index (χ0n) is 13.7. The van der Waals surface area contributed by atoms with Crippen LogP contribution in [-0.2, 0) is 4.79 Å². The number of amides is 1. The van der Waals surface area contributed by atoms with Crippen molar-refractivity contribution in [2.75, 3.05) is 6.61 Å². The van der Waals surface area contributed by atoms with E-state index in [9.17, 15) is 9.90 Å². The van der Waals surface area contributed by atoms with Crippen molar-refractivity contribution in [3.8, 4) is 0 Å². The van der Waals surface area contributed by atoms with Crippen LogP contribution in [0.25, 0.3) is 0 Å². The van der Waals surface area contributed by atoms with E-state index in [1.165, 1.54) is 25.7 Å². The molecule has 0 heterocycles. The summed E-state index contributed by atoms with van der Waals surface area (Å²) < 4.78 is 0. The Kier molecular flexibility index (Phi) is 6.06. The molecule has 2 aliphatic rings. The minimum absolute atomic E-state index is 0.0907. The third-order valence-electron chi connectivity index (χ3n) is 5.26. The highest BCUT2D eigenvalue weighted by molar-refractivity contribution is 5.81. The van der Waals surface area contributed by atoms with Crippen LogP contribution in [0, 0.1) is 5.92 Å². The molecule has 2 rings (SSSR count). The van der Waals surface area contributed by atoms with Gasteiger partial charge in [-0.3, -0.25) is 10.1 Å². The molecule has 0 radical (unpaired) electrons. The summed E-state index contributed by atoms with van der Waals surface area (Å²) in [5, 5.41) is 16.4. The first kappa shape index (κ1) is 16.8. The first-order chi connectivity index (χ1) is 10.0. The maximum atomic E-state index is 12.4. The van der Waals surface area contributed by atoms with Gasteiger partial charge in [0, 0.05) is 11.6 Å². The Morgan fingerprint density at radius 3 is 2.57 bits per heavy atom. The second kappa shape index (κ2) is 7.59. The average Bonchev–Trinajstić information content (AvgIpc) is 2.48. The molecule has 3 N–H and O–H groups in total. The molecular formula is C17H32N2O2. The monoisotopic (exact) mass is 296 g/mol. The normalized spacial score (nSPS) is 32.6. The van der Waals surface area contributed by atoms with Crippen molar-refractivity contribution >= 4 is 5.91 Å². The van der Waals surface area contributed by atoms with E-state index >= 15 is 0 Å². The van der Waals surface area contributed by atoms with E-state index in [4.69, 9.17) is 0 Å². The lowest BCUT2D eigenvalue weighted by Gasteiger charge is -2.41. The van der Waals surface area contributed by atoms with Crippen molar-refractivity contribution in [2.45, 2.75) is 89.3 Å². The molecule has 2 aliphatic carbocycles. The molecule has 0 bridgehead atoms. The van der Waals surface area contributed by atoms with Crippen LogP contribution in [0.2, 0.25) is 0 Å². The van der Waals surface area contributed by atoms with Crippen molar-refractivity contribution in [3.05, 3.63) is 0 Å². The molecule has 4 nitrogen and oxygen atoms in total. The maximum Gasteiger partial charge on any atom is 0.237 e. The summed E-state index contributed by atoms with van der Waals surface area (Å²) in [5.41, 5.74) is -0.263. The van der Waals surface area contributed by atoms with Crippen LogP contribution in [-0.4, -0.2) is 35.2 Å². The van der Waals surface area contributed by atoms with Gasteiger partial charge in [-0.2, -0.15) is 0 Å².